The first-order chi connectivity index (χ1) is 13.0. The molecule has 0 bridgehead atoms. The van der Waals surface area contributed by atoms with Gasteiger partial charge in [-0.25, -0.2) is 9.50 Å². The summed E-state index contributed by atoms with van der Waals surface area (Å²) >= 11 is 0. The number of nitrogens with zero attached hydrogens (tertiary/aromatic N) is 3. The van der Waals surface area contributed by atoms with Crippen LogP contribution in [0.5, 0.6) is 0 Å². The highest BCUT2D eigenvalue weighted by Gasteiger charge is 2.31. The van der Waals surface area contributed by atoms with E-state index in [4.69, 9.17) is 16.9 Å². The lowest BCUT2D eigenvalue weighted by Gasteiger charge is -2.23. The van der Waals surface area contributed by atoms with Gasteiger partial charge in [0.1, 0.15) is 11.8 Å². The summed E-state index contributed by atoms with van der Waals surface area (Å²) in [5, 5.41) is 25.2. The molecule has 0 aliphatic rings. The topological polar surface area (TPSA) is 106 Å². The minimum absolute atomic E-state index is 0.148. The summed E-state index contributed by atoms with van der Waals surface area (Å²) in [6, 6.07) is 13.1. The van der Waals surface area contributed by atoms with E-state index < -0.39 is 11.7 Å². The van der Waals surface area contributed by atoms with E-state index in [2.05, 4.69) is 16.0 Å². The zero-order chi connectivity index (χ0) is 19.3. The molecule has 4 N–H and O–H groups in total. The summed E-state index contributed by atoms with van der Waals surface area (Å²) in [4.78, 5) is 3.92. The fourth-order valence-corrected chi connectivity index (χ4v) is 2.89. The van der Waals surface area contributed by atoms with E-state index >= 15 is 0 Å². The van der Waals surface area contributed by atoms with Crippen LogP contribution in [0.2, 0.25) is 0 Å². The van der Waals surface area contributed by atoms with Crippen molar-refractivity contribution in [3.63, 3.8) is 0 Å². The summed E-state index contributed by atoms with van der Waals surface area (Å²) < 4.78 is 7.00. The second kappa shape index (κ2) is 8.18. The lowest BCUT2D eigenvalue weighted by molar-refractivity contribution is 0.00610. The summed E-state index contributed by atoms with van der Waals surface area (Å²) in [6.07, 6.45) is 6.55. The third-order valence-corrected chi connectivity index (χ3v) is 4.41. The summed E-state index contributed by atoms with van der Waals surface area (Å²) in [6.45, 7) is 0.566. The molecule has 2 aromatic heterocycles. The lowest BCUT2D eigenvalue weighted by atomic mass is 9.93. The van der Waals surface area contributed by atoms with Gasteiger partial charge in [-0.15, -0.1) is 6.42 Å². The smallest absolute Gasteiger partial charge is 0.167 e. The number of aliphatic hydroxyl groups excluding tert-OH is 1. The van der Waals surface area contributed by atoms with E-state index in [0.29, 0.717) is 23.6 Å². The number of rotatable bonds is 8. The van der Waals surface area contributed by atoms with Crippen LogP contribution in [0.15, 0.2) is 48.8 Å². The Bertz CT molecular complexity index is 935. The molecule has 7 heteroatoms. The van der Waals surface area contributed by atoms with Crippen molar-refractivity contribution >= 4 is 11.3 Å². The van der Waals surface area contributed by atoms with E-state index in [-0.39, 0.29) is 19.4 Å². The standard InChI is InChI=1S/C20H22N4O3/c1-2-20(26,18-9-8-17-19(21)22-14-23-24(17)18)11-10-16(25)13-27-12-15-6-4-3-5-7-15/h1,3-9,14,16,25-26H,10-13H2,(H2,21,22,23)/t16-,20?/m0/s1. The molecule has 0 aliphatic heterocycles. The maximum Gasteiger partial charge on any atom is 0.167 e. The predicted octanol–water partition coefficient (Wildman–Crippen LogP) is 1.49. The molecule has 0 saturated carbocycles. The van der Waals surface area contributed by atoms with E-state index in [1.54, 1.807) is 12.1 Å². The number of hydrogen-bond donors (Lipinski definition) is 3. The number of benzene rings is 1. The quantitative estimate of drug-likeness (QED) is 0.522. The number of fused-ring (bicyclic) bond motifs is 1. The number of hydrogen-bond acceptors (Lipinski definition) is 6. The molecule has 0 amide bonds. The van der Waals surface area contributed by atoms with Crippen molar-refractivity contribution in [1.29, 1.82) is 0 Å². The van der Waals surface area contributed by atoms with Crippen molar-refractivity contribution in [1.82, 2.24) is 14.6 Å². The molecule has 2 heterocycles. The molecule has 0 saturated heterocycles. The van der Waals surface area contributed by atoms with Gasteiger partial charge in [-0.1, -0.05) is 36.3 Å². The Hall–Kier alpha value is -2.92. The normalized spacial score (nSPS) is 14.6. The van der Waals surface area contributed by atoms with Crippen LogP contribution in [0.1, 0.15) is 24.1 Å². The Morgan fingerprint density at radius 1 is 1.26 bits per heavy atom. The highest BCUT2D eigenvalue weighted by atomic mass is 16.5. The van der Waals surface area contributed by atoms with Crippen molar-refractivity contribution in [2.45, 2.75) is 31.2 Å². The van der Waals surface area contributed by atoms with Gasteiger partial charge in [-0.3, -0.25) is 0 Å². The molecular formula is C20H22N4O3. The highest BCUT2D eigenvalue weighted by Crippen LogP contribution is 2.28. The molecular weight excluding hydrogens is 344 g/mol. The fraction of sp³-hybridized carbons (Fsp3) is 0.300. The van der Waals surface area contributed by atoms with Crippen LogP contribution in [-0.2, 0) is 16.9 Å². The first kappa shape index (κ1) is 18.9. The molecule has 140 valence electrons. The largest absolute Gasteiger partial charge is 0.391 e. The highest BCUT2D eigenvalue weighted by molar-refractivity contribution is 5.65. The third-order valence-electron chi connectivity index (χ3n) is 4.41. The monoisotopic (exact) mass is 366 g/mol. The van der Waals surface area contributed by atoms with Gasteiger partial charge in [0.2, 0.25) is 0 Å². The first-order valence-electron chi connectivity index (χ1n) is 8.62. The Morgan fingerprint density at radius 2 is 2.04 bits per heavy atom. The third kappa shape index (κ3) is 4.26. The van der Waals surface area contributed by atoms with E-state index in [9.17, 15) is 10.2 Å². The zero-order valence-corrected chi connectivity index (χ0v) is 14.8. The van der Waals surface area contributed by atoms with Crippen LogP contribution in [0.25, 0.3) is 5.52 Å². The number of ether oxygens (including phenoxy) is 1. The SMILES string of the molecule is C#CC(O)(CC[C@H](O)COCc1ccccc1)c1ccc2c(N)ncnn12. The number of aromatic nitrogens is 3. The molecule has 7 nitrogen and oxygen atoms in total. The average Bonchev–Trinajstić information content (AvgIpc) is 3.13. The first-order valence-corrected chi connectivity index (χ1v) is 8.62. The van der Waals surface area contributed by atoms with Crippen molar-refractivity contribution < 1.29 is 14.9 Å². The Kier molecular flexibility index (Phi) is 5.72. The number of nitrogens with two attached hydrogens (primary N) is 1. The van der Waals surface area contributed by atoms with Crippen molar-refractivity contribution in [3.05, 3.63) is 60.0 Å². The summed E-state index contributed by atoms with van der Waals surface area (Å²) in [5.41, 5.74) is 6.23. The van der Waals surface area contributed by atoms with E-state index in [0.717, 1.165) is 5.56 Å². The Balaban J connectivity index is 1.60. The molecule has 1 aromatic carbocycles. The minimum atomic E-state index is -1.59. The van der Waals surface area contributed by atoms with Crippen LogP contribution >= 0.6 is 0 Å². The Labute approximate surface area is 157 Å². The van der Waals surface area contributed by atoms with Gasteiger partial charge in [-0.2, -0.15) is 5.10 Å². The zero-order valence-electron chi connectivity index (χ0n) is 14.8. The minimum Gasteiger partial charge on any atom is -0.391 e. The predicted molar refractivity (Wildman–Crippen MR) is 101 cm³/mol. The second-order valence-corrected chi connectivity index (χ2v) is 6.36. The molecule has 0 spiro atoms. The van der Waals surface area contributed by atoms with Crippen LogP contribution in [0.3, 0.4) is 0 Å². The van der Waals surface area contributed by atoms with Crippen molar-refractivity contribution in [2.75, 3.05) is 12.3 Å². The molecule has 2 atom stereocenters. The molecule has 0 aliphatic carbocycles. The maximum atomic E-state index is 10.9. The summed E-state index contributed by atoms with van der Waals surface area (Å²) in [5.74, 6) is 2.71. The van der Waals surface area contributed by atoms with Crippen LogP contribution in [0, 0.1) is 12.3 Å². The fourth-order valence-electron chi connectivity index (χ4n) is 2.89. The van der Waals surface area contributed by atoms with E-state index in [1.165, 1.54) is 10.8 Å². The van der Waals surface area contributed by atoms with Crippen LogP contribution in [-0.4, -0.2) is 37.5 Å². The van der Waals surface area contributed by atoms with Gasteiger partial charge in [0.25, 0.3) is 0 Å². The van der Waals surface area contributed by atoms with Gasteiger partial charge in [0, 0.05) is 0 Å². The number of anilines is 1. The van der Waals surface area contributed by atoms with Gasteiger partial charge in [0.05, 0.1) is 25.0 Å². The summed E-state index contributed by atoms with van der Waals surface area (Å²) in [7, 11) is 0. The van der Waals surface area contributed by atoms with Crippen molar-refractivity contribution in [2.24, 2.45) is 0 Å². The number of nitrogen functional groups attached to an aromatic ring is 1. The molecule has 3 rings (SSSR count). The molecule has 3 aromatic rings. The average molecular weight is 366 g/mol. The Morgan fingerprint density at radius 3 is 2.78 bits per heavy atom. The molecule has 27 heavy (non-hydrogen) atoms. The van der Waals surface area contributed by atoms with Gasteiger partial charge in [-0.05, 0) is 30.5 Å². The number of aliphatic hydroxyl groups is 2. The van der Waals surface area contributed by atoms with Crippen molar-refractivity contribution in [3.8, 4) is 12.3 Å². The number of terminal acetylenes is 1. The van der Waals surface area contributed by atoms with E-state index in [1.807, 2.05) is 30.3 Å². The molecule has 1 unspecified atom stereocenters. The molecule has 0 fully saturated rings. The maximum absolute atomic E-state index is 10.9. The van der Waals surface area contributed by atoms with Crippen LogP contribution < -0.4 is 5.73 Å². The lowest BCUT2D eigenvalue weighted by Crippen LogP contribution is -2.29. The van der Waals surface area contributed by atoms with Gasteiger partial charge >= 0.3 is 0 Å². The van der Waals surface area contributed by atoms with Gasteiger partial charge < -0.3 is 20.7 Å². The van der Waals surface area contributed by atoms with Gasteiger partial charge in [0.15, 0.2) is 11.4 Å². The second-order valence-electron chi connectivity index (χ2n) is 6.36. The van der Waals surface area contributed by atoms with Crippen LogP contribution in [0.4, 0.5) is 5.82 Å². The molecule has 0 radical (unpaired) electrons.